The first-order valence-electron chi connectivity index (χ1n) is 10.2. The first-order valence-corrected chi connectivity index (χ1v) is 12.1. The van der Waals surface area contributed by atoms with Crippen molar-refractivity contribution in [1.29, 1.82) is 0 Å². The molecule has 0 bridgehead atoms. The van der Waals surface area contributed by atoms with E-state index in [1.165, 1.54) is 14.2 Å². The maximum Gasteiger partial charge on any atom is 0.241 e. The molecular weight excluding hydrogens is 432 g/mol. The van der Waals surface area contributed by atoms with Gasteiger partial charge in [-0.05, 0) is 42.2 Å². The van der Waals surface area contributed by atoms with E-state index in [1.807, 2.05) is 24.3 Å². The Hall–Kier alpha value is -2.94. The summed E-state index contributed by atoms with van der Waals surface area (Å²) in [5.74, 6) is 1.42. The highest BCUT2D eigenvalue weighted by Crippen LogP contribution is 2.33. The Morgan fingerprint density at radius 2 is 1.56 bits per heavy atom. The van der Waals surface area contributed by atoms with Gasteiger partial charge in [-0.2, -0.15) is 0 Å². The summed E-state index contributed by atoms with van der Waals surface area (Å²) in [6.07, 6.45) is 1.75. The number of carbonyl (C=O) groups excluding carboxylic acids is 1. The van der Waals surface area contributed by atoms with Gasteiger partial charge in [-0.1, -0.05) is 26.0 Å². The summed E-state index contributed by atoms with van der Waals surface area (Å²) < 4.78 is 41.8. The molecule has 2 aromatic rings. The van der Waals surface area contributed by atoms with Crippen LogP contribution >= 0.6 is 0 Å². The maximum absolute atomic E-state index is 13.0. The molecule has 0 radical (unpaired) electrons. The molecule has 8 nitrogen and oxygen atoms in total. The SMILES string of the molecule is COc1ccc(C(CC(C)C)NC(=O)CN(c2ccc(OC)cc2OC)S(C)(=O)=O)cc1. The Bertz CT molecular complexity index is 1010. The van der Waals surface area contributed by atoms with Gasteiger partial charge >= 0.3 is 0 Å². The number of benzene rings is 2. The zero-order valence-corrected chi connectivity index (χ0v) is 20.2. The van der Waals surface area contributed by atoms with E-state index < -0.39 is 15.9 Å². The molecule has 0 aliphatic rings. The van der Waals surface area contributed by atoms with Crippen LogP contribution in [0.4, 0.5) is 5.69 Å². The number of hydrogen-bond donors (Lipinski definition) is 1. The molecule has 0 spiro atoms. The van der Waals surface area contributed by atoms with Crippen molar-refractivity contribution in [3.8, 4) is 17.2 Å². The third-order valence-corrected chi connectivity index (χ3v) is 6.03. The van der Waals surface area contributed by atoms with E-state index in [0.717, 1.165) is 21.9 Å². The summed E-state index contributed by atoms with van der Waals surface area (Å²) in [4.78, 5) is 13.0. The lowest BCUT2D eigenvalue weighted by molar-refractivity contribution is -0.120. The highest BCUT2D eigenvalue weighted by molar-refractivity contribution is 7.92. The van der Waals surface area contributed by atoms with Gasteiger partial charge in [-0.15, -0.1) is 0 Å². The Balaban J connectivity index is 2.30. The van der Waals surface area contributed by atoms with Gasteiger partial charge in [0.05, 0.1) is 39.3 Å². The number of sulfonamides is 1. The fourth-order valence-electron chi connectivity index (χ4n) is 3.33. The van der Waals surface area contributed by atoms with E-state index in [9.17, 15) is 13.2 Å². The molecule has 0 aliphatic carbocycles. The van der Waals surface area contributed by atoms with E-state index in [0.29, 0.717) is 18.1 Å². The van der Waals surface area contributed by atoms with Crippen LogP contribution in [0.1, 0.15) is 31.9 Å². The summed E-state index contributed by atoms with van der Waals surface area (Å²) in [6, 6.07) is 11.9. The van der Waals surface area contributed by atoms with Crippen molar-refractivity contribution in [2.75, 3.05) is 38.4 Å². The zero-order chi connectivity index (χ0) is 23.9. The predicted molar refractivity (Wildman–Crippen MR) is 125 cm³/mol. The molecule has 2 rings (SSSR count). The summed E-state index contributed by atoms with van der Waals surface area (Å²) in [5, 5.41) is 2.98. The number of nitrogens with one attached hydrogen (secondary N) is 1. The molecule has 1 N–H and O–H groups in total. The van der Waals surface area contributed by atoms with Crippen molar-refractivity contribution in [2.45, 2.75) is 26.3 Å². The van der Waals surface area contributed by atoms with Gasteiger partial charge in [0, 0.05) is 6.07 Å². The topological polar surface area (TPSA) is 94.2 Å². The predicted octanol–water partition coefficient (Wildman–Crippen LogP) is 3.38. The second-order valence-corrected chi connectivity index (χ2v) is 9.74. The van der Waals surface area contributed by atoms with Crippen LogP contribution < -0.4 is 23.8 Å². The van der Waals surface area contributed by atoms with Gasteiger partial charge < -0.3 is 19.5 Å². The van der Waals surface area contributed by atoms with E-state index >= 15 is 0 Å². The van der Waals surface area contributed by atoms with Gasteiger partial charge in [0.15, 0.2) is 0 Å². The van der Waals surface area contributed by atoms with Crippen LogP contribution in [0.3, 0.4) is 0 Å². The second-order valence-electron chi connectivity index (χ2n) is 7.83. The van der Waals surface area contributed by atoms with Crippen molar-refractivity contribution in [3.05, 3.63) is 48.0 Å². The fourth-order valence-corrected chi connectivity index (χ4v) is 4.19. The largest absolute Gasteiger partial charge is 0.497 e. The molecule has 0 heterocycles. The number of methoxy groups -OCH3 is 3. The summed E-state index contributed by atoms with van der Waals surface area (Å²) in [5.41, 5.74) is 1.18. The van der Waals surface area contributed by atoms with E-state index in [1.54, 1.807) is 25.3 Å². The van der Waals surface area contributed by atoms with E-state index in [2.05, 4.69) is 19.2 Å². The Kier molecular flexibility index (Phi) is 8.77. The minimum absolute atomic E-state index is 0.260. The minimum atomic E-state index is -3.76. The molecule has 0 aromatic heterocycles. The first-order chi connectivity index (χ1) is 15.1. The molecule has 1 atom stereocenters. The van der Waals surface area contributed by atoms with Crippen LogP contribution in [-0.2, 0) is 14.8 Å². The average Bonchev–Trinajstić information content (AvgIpc) is 2.75. The fraction of sp³-hybridized carbons (Fsp3) is 0.435. The number of nitrogens with zero attached hydrogens (tertiary/aromatic N) is 1. The van der Waals surface area contributed by atoms with Gasteiger partial charge in [-0.25, -0.2) is 8.42 Å². The highest BCUT2D eigenvalue weighted by Gasteiger charge is 2.26. The number of ether oxygens (including phenoxy) is 3. The van der Waals surface area contributed by atoms with Crippen LogP contribution in [0.2, 0.25) is 0 Å². The number of carbonyl (C=O) groups is 1. The maximum atomic E-state index is 13.0. The van der Waals surface area contributed by atoms with E-state index in [4.69, 9.17) is 14.2 Å². The van der Waals surface area contributed by atoms with Gasteiger partial charge in [0.25, 0.3) is 0 Å². The lowest BCUT2D eigenvalue weighted by Crippen LogP contribution is -2.42. The number of rotatable bonds is 11. The van der Waals surface area contributed by atoms with Crippen molar-refractivity contribution in [3.63, 3.8) is 0 Å². The standard InChI is InChI=1S/C23H32N2O6S/c1-16(2)13-20(17-7-9-18(29-3)10-8-17)24-23(26)15-25(32(6,27)28)21-12-11-19(30-4)14-22(21)31-5/h7-12,14,16,20H,13,15H2,1-6H3,(H,24,26). The van der Waals surface area contributed by atoms with Gasteiger partial charge in [0.1, 0.15) is 23.8 Å². The molecule has 0 aliphatic heterocycles. The average molecular weight is 465 g/mol. The van der Waals surface area contributed by atoms with Crippen molar-refractivity contribution in [1.82, 2.24) is 5.32 Å². The molecular formula is C23H32N2O6S. The van der Waals surface area contributed by atoms with Crippen LogP contribution in [0, 0.1) is 5.92 Å². The number of amides is 1. The molecule has 1 amide bonds. The monoisotopic (exact) mass is 464 g/mol. The van der Waals surface area contributed by atoms with Gasteiger partial charge in [-0.3, -0.25) is 9.10 Å². The number of hydrogen-bond acceptors (Lipinski definition) is 6. The Morgan fingerprint density at radius 1 is 0.969 bits per heavy atom. The molecule has 1 unspecified atom stereocenters. The molecule has 2 aromatic carbocycles. The lowest BCUT2D eigenvalue weighted by atomic mass is 9.97. The molecule has 0 saturated heterocycles. The molecule has 9 heteroatoms. The molecule has 32 heavy (non-hydrogen) atoms. The highest BCUT2D eigenvalue weighted by atomic mass is 32.2. The van der Waals surface area contributed by atoms with Crippen molar-refractivity contribution >= 4 is 21.6 Å². The lowest BCUT2D eigenvalue weighted by Gasteiger charge is -2.26. The molecule has 0 fully saturated rings. The number of anilines is 1. The molecule has 0 saturated carbocycles. The first kappa shape index (κ1) is 25.3. The van der Waals surface area contributed by atoms with Crippen LogP contribution in [-0.4, -0.2) is 48.5 Å². The third kappa shape index (κ3) is 6.78. The van der Waals surface area contributed by atoms with Gasteiger partial charge in [0.2, 0.25) is 15.9 Å². The van der Waals surface area contributed by atoms with Crippen molar-refractivity contribution < 1.29 is 27.4 Å². The van der Waals surface area contributed by atoms with Crippen LogP contribution in [0.15, 0.2) is 42.5 Å². The minimum Gasteiger partial charge on any atom is -0.497 e. The van der Waals surface area contributed by atoms with Crippen LogP contribution in [0.25, 0.3) is 0 Å². The second kappa shape index (κ2) is 11.1. The summed E-state index contributed by atoms with van der Waals surface area (Å²) in [6.45, 7) is 3.74. The van der Waals surface area contributed by atoms with Crippen LogP contribution in [0.5, 0.6) is 17.2 Å². The quantitative estimate of drug-likeness (QED) is 0.548. The smallest absolute Gasteiger partial charge is 0.241 e. The summed E-state index contributed by atoms with van der Waals surface area (Å²) >= 11 is 0. The zero-order valence-electron chi connectivity index (χ0n) is 19.4. The summed E-state index contributed by atoms with van der Waals surface area (Å²) in [7, 11) is 0.766. The van der Waals surface area contributed by atoms with Crippen molar-refractivity contribution in [2.24, 2.45) is 5.92 Å². The molecule has 176 valence electrons. The Labute approximate surface area is 190 Å². The third-order valence-electron chi connectivity index (χ3n) is 4.90. The van der Waals surface area contributed by atoms with E-state index in [-0.39, 0.29) is 24.0 Å². The normalized spacial score (nSPS) is 12.2. The Morgan fingerprint density at radius 3 is 2.06 bits per heavy atom.